The molecule has 1 aliphatic rings. The second-order valence-electron chi connectivity index (χ2n) is 4.80. The Bertz CT molecular complexity index is 590. The van der Waals surface area contributed by atoms with Crippen molar-refractivity contribution in [3.63, 3.8) is 0 Å². The highest BCUT2D eigenvalue weighted by atomic mass is 79.9. The first-order valence-corrected chi connectivity index (χ1v) is 8.30. The molecule has 2 N–H and O–H groups in total. The van der Waals surface area contributed by atoms with Gasteiger partial charge >= 0.3 is 6.03 Å². The van der Waals surface area contributed by atoms with Crippen LogP contribution in [0.1, 0.15) is 18.4 Å². The number of alkyl halides is 1. The van der Waals surface area contributed by atoms with Crippen molar-refractivity contribution < 1.29 is 9.59 Å². The molecule has 0 spiro atoms. The molecule has 1 aromatic rings. The van der Waals surface area contributed by atoms with Crippen molar-refractivity contribution in [3.8, 4) is 11.8 Å². The number of rotatable bonds is 5. The molecular weight excluding hydrogens is 346 g/mol. The highest BCUT2D eigenvalue weighted by Crippen LogP contribution is 2.16. The Morgan fingerprint density at radius 1 is 1.36 bits per heavy atom. The van der Waals surface area contributed by atoms with Gasteiger partial charge in [-0.2, -0.15) is 0 Å². The third-order valence-electron chi connectivity index (χ3n) is 3.18. The Morgan fingerprint density at radius 2 is 2.14 bits per heavy atom. The average Bonchev–Trinajstić information content (AvgIpc) is 2.96. The van der Waals surface area contributed by atoms with Gasteiger partial charge in [0.2, 0.25) is 5.91 Å². The van der Waals surface area contributed by atoms with Crippen molar-refractivity contribution in [1.82, 2.24) is 10.6 Å². The summed E-state index contributed by atoms with van der Waals surface area (Å²) in [4.78, 5) is 24.6. The fraction of sp³-hybridized carbons (Fsp3) is 0.375. The topological polar surface area (TPSA) is 61.4 Å². The molecule has 0 saturated carbocycles. The Balaban J connectivity index is 1.83. The third kappa shape index (κ3) is 4.78. The van der Waals surface area contributed by atoms with Crippen molar-refractivity contribution in [3.05, 3.63) is 29.8 Å². The number of carbonyl (C=O) groups excluding carboxylic acids is 2. The molecule has 22 heavy (non-hydrogen) atoms. The number of nitrogens with zero attached hydrogens (tertiary/aromatic N) is 1. The molecule has 1 heterocycles. The van der Waals surface area contributed by atoms with Crippen LogP contribution in [0.2, 0.25) is 0 Å². The maximum Gasteiger partial charge on any atom is 0.321 e. The summed E-state index contributed by atoms with van der Waals surface area (Å²) < 4.78 is 0. The van der Waals surface area contributed by atoms with Gasteiger partial charge in [0.15, 0.2) is 0 Å². The molecule has 1 fully saturated rings. The van der Waals surface area contributed by atoms with Gasteiger partial charge in [0.05, 0.1) is 6.54 Å². The van der Waals surface area contributed by atoms with Gasteiger partial charge in [-0.3, -0.25) is 9.69 Å². The van der Waals surface area contributed by atoms with Crippen LogP contribution in [0.3, 0.4) is 0 Å². The van der Waals surface area contributed by atoms with E-state index in [1.807, 2.05) is 24.3 Å². The second kappa shape index (κ2) is 8.44. The van der Waals surface area contributed by atoms with Crippen LogP contribution in [0.15, 0.2) is 24.3 Å². The fourth-order valence-electron chi connectivity index (χ4n) is 2.05. The molecule has 3 amide bonds. The number of hydrogen-bond acceptors (Lipinski definition) is 2. The fourth-order valence-corrected chi connectivity index (χ4v) is 2.33. The molecular formula is C16H18BrN3O2. The molecule has 0 aliphatic carbocycles. The predicted molar refractivity (Wildman–Crippen MR) is 90.1 cm³/mol. The number of anilines is 1. The van der Waals surface area contributed by atoms with Crippen LogP contribution < -0.4 is 15.5 Å². The van der Waals surface area contributed by atoms with Crippen molar-refractivity contribution in [2.45, 2.75) is 12.8 Å². The zero-order valence-corrected chi connectivity index (χ0v) is 13.8. The number of benzene rings is 1. The molecule has 0 atom stereocenters. The van der Waals surface area contributed by atoms with Gasteiger partial charge in [0.1, 0.15) is 0 Å². The highest BCUT2D eigenvalue weighted by molar-refractivity contribution is 9.09. The Labute approximate surface area is 138 Å². The first kappa shape index (κ1) is 16.4. The van der Waals surface area contributed by atoms with Gasteiger partial charge < -0.3 is 10.6 Å². The van der Waals surface area contributed by atoms with E-state index in [4.69, 9.17) is 0 Å². The van der Waals surface area contributed by atoms with Crippen LogP contribution in [0.5, 0.6) is 0 Å². The van der Waals surface area contributed by atoms with Crippen LogP contribution in [0.25, 0.3) is 0 Å². The van der Waals surface area contributed by atoms with E-state index < -0.39 is 0 Å². The van der Waals surface area contributed by atoms with E-state index in [0.29, 0.717) is 26.1 Å². The molecule has 5 nitrogen and oxygen atoms in total. The SMILES string of the molecule is O=C(CCCBr)NCC#Cc1ccc(N2CCNC2=O)cc1. The first-order valence-electron chi connectivity index (χ1n) is 7.17. The lowest BCUT2D eigenvalue weighted by Gasteiger charge is -2.13. The van der Waals surface area contributed by atoms with Gasteiger partial charge in [0, 0.05) is 36.1 Å². The summed E-state index contributed by atoms with van der Waals surface area (Å²) in [5.74, 6) is 5.93. The summed E-state index contributed by atoms with van der Waals surface area (Å²) in [6.07, 6.45) is 1.34. The zero-order valence-electron chi connectivity index (χ0n) is 12.2. The Hall–Kier alpha value is -2.00. The summed E-state index contributed by atoms with van der Waals surface area (Å²) in [6.45, 7) is 1.71. The summed E-state index contributed by atoms with van der Waals surface area (Å²) in [5.41, 5.74) is 1.72. The van der Waals surface area contributed by atoms with Crippen LogP contribution in [-0.2, 0) is 4.79 Å². The second-order valence-corrected chi connectivity index (χ2v) is 5.59. The van der Waals surface area contributed by atoms with Crippen molar-refractivity contribution >= 4 is 33.6 Å². The molecule has 1 saturated heterocycles. The molecule has 2 rings (SSSR count). The van der Waals surface area contributed by atoms with Crippen LogP contribution in [0.4, 0.5) is 10.5 Å². The molecule has 0 aromatic heterocycles. The van der Waals surface area contributed by atoms with Gasteiger partial charge in [-0.25, -0.2) is 4.79 Å². The lowest BCUT2D eigenvalue weighted by Crippen LogP contribution is -2.27. The maximum absolute atomic E-state index is 11.6. The van der Waals surface area contributed by atoms with Gasteiger partial charge in [-0.1, -0.05) is 27.8 Å². The van der Waals surface area contributed by atoms with Gasteiger partial charge in [0.25, 0.3) is 0 Å². The van der Waals surface area contributed by atoms with Crippen LogP contribution in [-0.4, -0.2) is 36.9 Å². The summed E-state index contributed by atoms with van der Waals surface area (Å²) in [5, 5.41) is 6.35. The van der Waals surface area contributed by atoms with Gasteiger partial charge in [-0.15, -0.1) is 0 Å². The number of carbonyl (C=O) groups is 2. The quantitative estimate of drug-likeness (QED) is 0.619. The number of amides is 3. The normalized spacial score (nSPS) is 13.3. The predicted octanol–water partition coefficient (Wildman–Crippen LogP) is 1.86. The average molecular weight is 364 g/mol. The molecule has 0 radical (unpaired) electrons. The standard InChI is InChI=1S/C16H18BrN3O2/c17-9-1-4-15(21)18-10-2-3-13-5-7-14(8-6-13)20-12-11-19-16(20)22/h5-8H,1,4,9-12H2,(H,18,21)(H,19,22). The largest absolute Gasteiger partial charge is 0.345 e. The molecule has 6 heteroatoms. The molecule has 1 aliphatic heterocycles. The highest BCUT2D eigenvalue weighted by Gasteiger charge is 2.20. The van der Waals surface area contributed by atoms with Crippen molar-refractivity contribution in [2.75, 3.05) is 29.9 Å². The van der Waals surface area contributed by atoms with E-state index in [2.05, 4.69) is 38.4 Å². The Kier molecular flexibility index (Phi) is 6.28. The lowest BCUT2D eigenvalue weighted by molar-refractivity contribution is -0.120. The van der Waals surface area contributed by atoms with Crippen LogP contribution >= 0.6 is 15.9 Å². The van der Waals surface area contributed by atoms with E-state index in [1.165, 1.54) is 0 Å². The molecule has 0 bridgehead atoms. The number of nitrogens with one attached hydrogen (secondary N) is 2. The van der Waals surface area contributed by atoms with E-state index in [0.717, 1.165) is 23.0 Å². The van der Waals surface area contributed by atoms with E-state index in [9.17, 15) is 9.59 Å². The summed E-state index contributed by atoms with van der Waals surface area (Å²) >= 11 is 3.29. The minimum Gasteiger partial charge on any atom is -0.345 e. The number of urea groups is 1. The molecule has 116 valence electrons. The van der Waals surface area contributed by atoms with Crippen molar-refractivity contribution in [1.29, 1.82) is 0 Å². The van der Waals surface area contributed by atoms with Gasteiger partial charge in [-0.05, 0) is 30.7 Å². The first-order chi connectivity index (χ1) is 10.7. The molecule has 1 aromatic carbocycles. The summed E-state index contributed by atoms with van der Waals surface area (Å²) in [7, 11) is 0. The maximum atomic E-state index is 11.6. The Morgan fingerprint density at radius 3 is 2.77 bits per heavy atom. The zero-order chi connectivity index (χ0) is 15.8. The minimum absolute atomic E-state index is 0.0177. The molecule has 0 unspecified atom stereocenters. The summed E-state index contributed by atoms with van der Waals surface area (Å²) in [6, 6.07) is 7.44. The van der Waals surface area contributed by atoms with E-state index in [1.54, 1.807) is 4.90 Å². The smallest absolute Gasteiger partial charge is 0.321 e. The van der Waals surface area contributed by atoms with Crippen molar-refractivity contribution in [2.24, 2.45) is 0 Å². The monoisotopic (exact) mass is 363 g/mol. The van der Waals surface area contributed by atoms with E-state index >= 15 is 0 Å². The lowest BCUT2D eigenvalue weighted by atomic mass is 10.2. The third-order valence-corrected chi connectivity index (χ3v) is 3.74. The number of halogens is 1. The van der Waals surface area contributed by atoms with Crippen LogP contribution in [0, 0.1) is 11.8 Å². The minimum atomic E-state index is -0.0648. The number of hydrogen-bond donors (Lipinski definition) is 2. The van der Waals surface area contributed by atoms with E-state index in [-0.39, 0.29) is 11.9 Å².